The number of aromatic nitrogens is 2. The molecule has 0 saturated heterocycles. The van der Waals surface area contributed by atoms with Crippen molar-refractivity contribution in [3.8, 4) is 0 Å². The van der Waals surface area contributed by atoms with Gasteiger partial charge in [0.2, 0.25) is 17.7 Å². The number of carbonyl (C=O) groups is 4. The summed E-state index contributed by atoms with van der Waals surface area (Å²) in [5.74, 6) is -3.75. The molecule has 5 unspecified atom stereocenters. The van der Waals surface area contributed by atoms with Gasteiger partial charge < -0.3 is 42.6 Å². The number of aromatic amines is 1. The van der Waals surface area contributed by atoms with Gasteiger partial charge in [0.25, 0.3) is 0 Å². The van der Waals surface area contributed by atoms with Gasteiger partial charge in [-0.25, -0.2) is 9.78 Å². The van der Waals surface area contributed by atoms with Crippen LogP contribution < -0.4 is 27.4 Å². The van der Waals surface area contributed by atoms with Crippen molar-refractivity contribution >= 4 is 23.7 Å². The number of aliphatic carboxylic acids is 1. The number of nitrogens with two attached hydrogens (primary N) is 2. The van der Waals surface area contributed by atoms with Crippen molar-refractivity contribution in [3.05, 3.63) is 18.2 Å². The quantitative estimate of drug-likeness (QED) is 0.129. The van der Waals surface area contributed by atoms with Crippen molar-refractivity contribution in [2.45, 2.75) is 76.7 Å². The highest BCUT2D eigenvalue weighted by Crippen LogP contribution is 2.07. The zero-order valence-electron chi connectivity index (χ0n) is 19.8. The summed E-state index contributed by atoms with van der Waals surface area (Å²) < 4.78 is 0. The number of aliphatic hydroxyl groups excluding tert-OH is 1. The third-order valence-corrected chi connectivity index (χ3v) is 5.20. The van der Waals surface area contributed by atoms with Crippen LogP contribution in [0, 0.1) is 5.92 Å². The monoisotopic (exact) mass is 483 g/mol. The number of hydrogen-bond donors (Lipinski definition) is 8. The molecule has 0 aliphatic heterocycles. The van der Waals surface area contributed by atoms with Gasteiger partial charge in [0, 0.05) is 18.3 Å². The molecule has 0 spiro atoms. The first-order valence-corrected chi connectivity index (χ1v) is 11.2. The molecular weight excluding hydrogens is 446 g/mol. The van der Waals surface area contributed by atoms with Crippen LogP contribution in [-0.2, 0) is 25.6 Å². The molecule has 0 aromatic carbocycles. The molecule has 1 rings (SSSR count). The van der Waals surface area contributed by atoms with Crippen LogP contribution in [0.3, 0.4) is 0 Å². The highest BCUT2D eigenvalue weighted by molar-refractivity contribution is 5.94. The smallest absolute Gasteiger partial charge is 0.326 e. The maximum Gasteiger partial charge on any atom is 0.326 e. The highest BCUT2D eigenvalue weighted by atomic mass is 16.4. The highest BCUT2D eigenvalue weighted by Gasteiger charge is 2.33. The molecule has 3 amide bonds. The minimum absolute atomic E-state index is 0.135. The van der Waals surface area contributed by atoms with Gasteiger partial charge in [-0.1, -0.05) is 13.8 Å². The number of carboxylic acids is 1. The lowest BCUT2D eigenvalue weighted by molar-refractivity contribution is -0.143. The van der Waals surface area contributed by atoms with Crippen molar-refractivity contribution < 1.29 is 29.4 Å². The van der Waals surface area contributed by atoms with Crippen molar-refractivity contribution in [1.29, 1.82) is 0 Å². The average molecular weight is 484 g/mol. The van der Waals surface area contributed by atoms with E-state index < -0.39 is 54.0 Å². The van der Waals surface area contributed by atoms with E-state index in [2.05, 4.69) is 25.9 Å². The number of rotatable bonds is 15. The molecule has 0 fully saturated rings. The Balaban J connectivity index is 2.90. The van der Waals surface area contributed by atoms with E-state index in [0.717, 1.165) is 0 Å². The third kappa shape index (κ3) is 9.45. The van der Waals surface area contributed by atoms with Crippen LogP contribution in [0.2, 0.25) is 0 Å². The van der Waals surface area contributed by atoms with E-state index >= 15 is 0 Å². The first-order chi connectivity index (χ1) is 16.0. The molecule has 0 aliphatic rings. The first kappa shape index (κ1) is 29.0. The summed E-state index contributed by atoms with van der Waals surface area (Å²) in [6, 6.07) is -4.63. The van der Waals surface area contributed by atoms with Crippen LogP contribution in [0.25, 0.3) is 0 Å². The molecule has 1 heterocycles. The third-order valence-electron chi connectivity index (χ3n) is 5.20. The van der Waals surface area contributed by atoms with Crippen LogP contribution in [0.15, 0.2) is 12.5 Å². The predicted molar refractivity (Wildman–Crippen MR) is 123 cm³/mol. The molecule has 0 bridgehead atoms. The number of unbranched alkanes of at least 4 members (excludes halogenated alkanes) is 1. The van der Waals surface area contributed by atoms with E-state index in [1.54, 1.807) is 13.8 Å². The Bertz CT molecular complexity index is 800. The van der Waals surface area contributed by atoms with Crippen LogP contribution in [-0.4, -0.2) is 80.7 Å². The second-order valence-corrected chi connectivity index (χ2v) is 8.53. The fraction of sp³-hybridized carbons (Fsp3) is 0.667. The Morgan fingerprint density at radius 2 is 1.68 bits per heavy atom. The van der Waals surface area contributed by atoms with E-state index in [9.17, 15) is 29.4 Å². The minimum Gasteiger partial charge on any atom is -0.480 e. The lowest BCUT2D eigenvalue weighted by Crippen LogP contribution is -2.60. The van der Waals surface area contributed by atoms with E-state index in [4.69, 9.17) is 11.5 Å². The Kier molecular flexibility index (Phi) is 12.2. The summed E-state index contributed by atoms with van der Waals surface area (Å²) in [5, 5.41) is 26.8. The van der Waals surface area contributed by atoms with Crippen molar-refractivity contribution in [3.63, 3.8) is 0 Å². The number of carboxylic acid groups (broad SMARTS) is 1. The summed E-state index contributed by atoms with van der Waals surface area (Å²) in [5.41, 5.74) is 12.0. The molecule has 1 aromatic rings. The molecule has 10 N–H and O–H groups in total. The standard InChI is InChI=1S/C21H37N7O6/c1-11(2)16(21(33)34)27-19(31)15(6-4-5-7-22)26-20(32)17(12(3)29)28-18(30)14(23)8-13-9-24-10-25-13/h9-12,14-17,29H,4-8,22-23H2,1-3H3,(H,24,25)(H,26,32)(H,27,31)(H,28,30)(H,33,34). The largest absolute Gasteiger partial charge is 0.480 e. The number of imidazole rings is 1. The summed E-state index contributed by atoms with van der Waals surface area (Å²) in [6.45, 7) is 4.99. The molecule has 0 radical (unpaired) electrons. The molecule has 5 atom stereocenters. The van der Waals surface area contributed by atoms with Gasteiger partial charge in [-0.05, 0) is 38.6 Å². The number of amides is 3. The number of nitrogens with zero attached hydrogens (tertiary/aromatic N) is 1. The summed E-state index contributed by atoms with van der Waals surface area (Å²) in [6.07, 6.45) is 3.07. The number of carbonyl (C=O) groups excluding carboxylic acids is 3. The van der Waals surface area contributed by atoms with Crippen molar-refractivity contribution in [2.24, 2.45) is 17.4 Å². The molecule has 13 heteroatoms. The SMILES string of the molecule is CC(C)C(NC(=O)C(CCCCN)NC(=O)C(NC(=O)C(N)Cc1cnc[nH]1)C(C)O)C(=O)O. The second kappa shape index (κ2) is 14.3. The molecule has 34 heavy (non-hydrogen) atoms. The van der Waals surface area contributed by atoms with Gasteiger partial charge in [-0.15, -0.1) is 0 Å². The summed E-state index contributed by atoms with van der Waals surface area (Å²) in [7, 11) is 0. The number of hydrogen-bond acceptors (Lipinski definition) is 8. The lowest BCUT2D eigenvalue weighted by Gasteiger charge is -2.27. The lowest BCUT2D eigenvalue weighted by atomic mass is 10.0. The van der Waals surface area contributed by atoms with Crippen LogP contribution in [0.4, 0.5) is 0 Å². The Hall–Kier alpha value is -3.03. The van der Waals surface area contributed by atoms with Crippen molar-refractivity contribution in [2.75, 3.05) is 6.54 Å². The van der Waals surface area contributed by atoms with Crippen molar-refractivity contribution in [1.82, 2.24) is 25.9 Å². The van der Waals surface area contributed by atoms with E-state index in [1.165, 1.54) is 19.4 Å². The average Bonchev–Trinajstić information content (AvgIpc) is 3.26. The molecular formula is C21H37N7O6. The summed E-state index contributed by atoms with van der Waals surface area (Å²) in [4.78, 5) is 56.3. The van der Waals surface area contributed by atoms with E-state index in [-0.39, 0.29) is 18.8 Å². The number of H-pyrrole nitrogens is 1. The van der Waals surface area contributed by atoms with Gasteiger partial charge in [-0.2, -0.15) is 0 Å². The minimum atomic E-state index is -1.38. The Morgan fingerprint density at radius 3 is 2.18 bits per heavy atom. The van der Waals surface area contributed by atoms with Gasteiger partial charge >= 0.3 is 5.97 Å². The fourth-order valence-electron chi connectivity index (χ4n) is 3.18. The molecule has 13 nitrogen and oxygen atoms in total. The first-order valence-electron chi connectivity index (χ1n) is 11.2. The van der Waals surface area contributed by atoms with E-state index in [1.807, 2.05) is 0 Å². The van der Waals surface area contributed by atoms with Gasteiger partial charge in [0.05, 0.1) is 18.5 Å². The zero-order chi connectivity index (χ0) is 25.8. The van der Waals surface area contributed by atoms with Gasteiger partial charge in [0.15, 0.2) is 0 Å². The number of aliphatic hydroxyl groups is 1. The van der Waals surface area contributed by atoms with Crippen LogP contribution >= 0.6 is 0 Å². The second-order valence-electron chi connectivity index (χ2n) is 8.53. The normalized spacial score (nSPS) is 15.6. The van der Waals surface area contributed by atoms with Gasteiger partial charge in [-0.3, -0.25) is 14.4 Å². The molecule has 1 aromatic heterocycles. The maximum absolute atomic E-state index is 12.9. The van der Waals surface area contributed by atoms with Crippen LogP contribution in [0.1, 0.15) is 45.7 Å². The van der Waals surface area contributed by atoms with E-state index in [0.29, 0.717) is 25.1 Å². The molecule has 0 aliphatic carbocycles. The fourth-order valence-corrected chi connectivity index (χ4v) is 3.18. The van der Waals surface area contributed by atoms with Gasteiger partial charge in [0.1, 0.15) is 18.1 Å². The maximum atomic E-state index is 12.9. The summed E-state index contributed by atoms with van der Waals surface area (Å²) >= 11 is 0. The predicted octanol–water partition coefficient (Wildman–Crippen LogP) is -2.02. The topological polar surface area (TPSA) is 226 Å². The van der Waals surface area contributed by atoms with Crippen LogP contribution in [0.5, 0.6) is 0 Å². The Labute approximate surface area is 198 Å². The molecule has 192 valence electrons. The number of nitrogens with one attached hydrogen (secondary N) is 4. The zero-order valence-corrected chi connectivity index (χ0v) is 19.8. The molecule has 0 saturated carbocycles. The Morgan fingerprint density at radius 1 is 1.03 bits per heavy atom.